The highest BCUT2D eigenvalue weighted by Crippen LogP contribution is 2.14. The van der Waals surface area contributed by atoms with Crippen molar-refractivity contribution in [3.05, 3.63) is 53.3 Å². The highest BCUT2D eigenvalue weighted by molar-refractivity contribution is 5.97. The molecule has 3 N–H and O–H groups in total. The molecule has 0 aliphatic rings. The van der Waals surface area contributed by atoms with Crippen molar-refractivity contribution in [3.63, 3.8) is 0 Å². The zero-order chi connectivity index (χ0) is 13.8. The van der Waals surface area contributed by atoms with E-state index >= 15 is 0 Å². The van der Waals surface area contributed by atoms with E-state index in [1.165, 1.54) is 6.20 Å². The van der Waals surface area contributed by atoms with Crippen molar-refractivity contribution in [3.8, 4) is 0 Å². The molecular weight excluding hydrogens is 246 g/mol. The van der Waals surface area contributed by atoms with Crippen molar-refractivity contribution in [1.29, 1.82) is 0 Å². The summed E-state index contributed by atoms with van der Waals surface area (Å²) in [6, 6.07) is 7.46. The highest BCUT2D eigenvalue weighted by Gasteiger charge is 2.23. The average Bonchev–Trinajstić information content (AvgIpc) is 2.82. The Morgan fingerprint density at radius 3 is 2.53 bits per heavy atom. The number of aromatic nitrogens is 2. The van der Waals surface area contributed by atoms with Crippen molar-refractivity contribution in [1.82, 2.24) is 15.5 Å². The Balaban J connectivity index is 2.21. The predicted molar refractivity (Wildman–Crippen MR) is 67.6 cm³/mol. The Hall–Kier alpha value is -2.63. The third-order valence-corrected chi connectivity index (χ3v) is 2.73. The highest BCUT2D eigenvalue weighted by atomic mass is 16.4. The van der Waals surface area contributed by atoms with E-state index in [2.05, 4.69) is 15.5 Å². The summed E-state index contributed by atoms with van der Waals surface area (Å²) in [6.07, 6.45) is 1.37. The summed E-state index contributed by atoms with van der Waals surface area (Å²) in [6.45, 7) is 1.69. The molecule has 0 aliphatic heterocycles. The molecule has 2 aromatic rings. The molecule has 0 bridgehead atoms. The second-order valence-corrected chi connectivity index (χ2v) is 4.06. The van der Waals surface area contributed by atoms with E-state index in [0.717, 1.165) is 0 Å². The van der Waals surface area contributed by atoms with Crippen LogP contribution in [0.15, 0.2) is 36.5 Å². The minimum atomic E-state index is -1.11. The van der Waals surface area contributed by atoms with E-state index in [1.54, 1.807) is 37.3 Å². The molecule has 6 nitrogen and oxygen atoms in total. The molecule has 98 valence electrons. The number of carbonyl (C=O) groups is 2. The van der Waals surface area contributed by atoms with E-state index in [0.29, 0.717) is 16.8 Å². The van der Waals surface area contributed by atoms with Gasteiger partial charge in [0.2, 0.25) is 0 Å². The molecule has 0 saturated heterocycles. The van der Waals surface area contributed by atoms with Crippen LogP contribution in [0.5, 0.6) is 0 Å². The Kier molecular flexibility index (Phi) is 3.61. The van der Waals surface area contributed by atoms with Crippen LogP contribution in [0.25, 0.3) is 0 Å². The van der Waals surface area contributed by atoms with Crippen molar-refractivity contribution in [2.75, 3.05) is 0 Å². The number of aliphatic carboxylic acids is 1. The summed E-state index contributed by atoms with van der Waals surface area (Å²) in [5, 5.41) is 18.0. The number of carboxylic acid groups (broad SMARTS) is 1. The first kappa shape index (κ1) is 12.8. The largest absolute Gasteiger partial charge is 0.479 e. The summed E-state index contributed by atoms with van der Waals surface area (Å²) in [7, 11) is 0. The topological polar surface area (TPSA) is 95.1 Å². The van der Waals surface area contributed by atoms with Crippen LogP contribution >= 0.6 is 0 Å². The molecule has 1 atom stereocenters. The van der Waals surface area contributed by atoms with Crippen LogP contribution in [0.4, 0.5) is 0 Å². The lowest BCUT2D eigenvalue weighted by molar-refractivity contribution is -0.139. The number of nitrogens with zero attached hydrogens (tertiary/aromatic N) is 1. The number of H-pyrrole nitrogens is 1. The van der Waals surface area contributed by atoms with Gasteiger partial charge in [-0.2, -0.15) is 5.10 Å². The Morgan fingerprint density at radius 2 is 2.00 bits per heavy atom. The number of carbonyl (C=O) groups excluding carboxylic acids is 1. The van der Waals surface area contributed by atoms with Gasteiger partial charge in [-0.25, -0.2) is 4.79 Å². The maximum Gasteiger partial charge on any atom is 0.330 e. The van der Waals surface area contributed by atoms with Gasteiger partial charge in [-0.1, -0.05) is 30.3 Å². The summed E-state index contributed by atoms with van der Waals surface area (Å²) >= 11 is 0. The molecule has 0 aliphatic carbocycles. The zero-order valence-electron chi connectivity index (χ0n) is 10.3. The van der Waals surface area contributed by atoms with Crippen LogP contribution in [-0.2, 0) is 4.79 Å². The van der Waals surface area contributed by atoms with Gasteiger partial charge in [-0.05, 0) is 12.5 Å². The fourth-order valence-corrected chi connectivity index (χ4v) is 1.72. The van der Waals surface area contributed by atoms with Gasteiger partial charge in [0, 0.05) is 5.69 Å². The normalized spacial score (nSPS) is 11.8. The monoisotopic (exact) mass is 259 g/mol. The molecule has 1 heterocycles. The number of amides is 1. The molecule has 6 heteroatoms. The zero-order valence-corrected chi connectivity index (χ0v) is 10.3. The van der Waals surface area contributed by atoms with E-state index in [9.17, 15) is 14.7 Å². The molecule has 0 saturated carbocycles. The molecule has 1 aromatic carbocycles. The van der Waals surface area contributed by atoms with Gasteiger partial charge in [0.15, 0.2) is 6.04 Å². The predicted octanol–water partition coefficient (Wildman–Crippen LogP) is 1.27. The van der Waals surface area contributed by atoms with Crippen LogP contribution in [0.3, 0.4) is 0 Å². The summed E-state index contributed by atoms with van der Waals surface area (Å²) in [5.41, 5.74) is 1.45. The number of aromatic amines is 1. The molecule has 19 heavy (non-hydrogen) atoms. The smallest absolute Gasteiger partial charge is 0.330 e. The van der Waals surface area contributed by atoms with Crippen LogP contribution < -0.4 is 5.32 Å². The molecule has 0 radical (unpaired) electrons. The van der Waals surface area contributed by atoms with Gasteiger partial charge < -0.3 is 10.4 Å². The van der Waals surface area contributed by atoms with Gasteiger partial charge in [0.25, 0.3) is 5.91 Å². The van der Waals surface area contributed by atoms with E-state index in [4.69, 9.17) is 0 Å². The molecule has 1 amide bonds. The number of carboxylic acids is 1. The molecule has 1 aromatic heterocycles. The standard InChI is InChI=1S/C13H13N3O3/c1-8-10(7-14-16-8)12(17)15-11(13(18)19)9-5-3-2-4-6-9/h2-7,11H,1H3,(H,14,16)(H,15,17)(H,18,19)/t11-/m0/s1. The fourth-order valence-electron chi connectivity index (χ4n) is 1.72. The molecule has 2 rings (SSSR count). The van der Waals surface area contributed by atoms with Crippen LogP contribution in [0, 0.1) is 6.92 Å². The Bertz CT molecular complexity index is 592. The maximum atomic E-state index is 12.0. The molecule has 0 fully saturated rings. The quantitative estimate of drug-likeness (QED) is 0.770. The first-order valence-corrected chi connectivity index (χ1v) is 5.68. The number of hydrogen-bond donors (Lipinski definition) is 3. The van der Waals surface area contributed by atoms with Crippen molar-refractivity contribution < 1.29 is 14.7 Å². The van der Waals surface area contributed by atoms with Crippen molar-refractivity contribution in [2.45, 2.75) is 13.0 Å². The number of nitrogens with one attached hydrogen (secondary N) is 2. The van der Waals surface area contributed by atoms with Crippen LogP contribution in [0.2, 0.25) is 0 Å². The number of aryl methyl sites for hydroxylation is 1. The van der Waals surface area contributed by atoms with Crippen LogP contribution in [-0.4, -0.2) is 27.2 Å². The number of rotatable bonds is 4. The summed E-state index contributed by atoms with van der Waals surface area (Å²) < 4.78 is 0. The average molecular weight is 259 g/mol. The summed E-state index contributed by atoms with van der Waals surface area (Å²) in [5.74, 6) is -1.58. The van der Waals surface area contributed by atoms with Gasteiger partial charge in [0.1, 0.15) is 0 Å². The molecule has 0 unspecified atom stereocenters. The lowest BCUT2D eigenvalue weighted by Gasteiger charge is -2.14. The SMILES string of the molecule is Cc1[nH]ncc1C(=O)N[C@H](C(=O)O)c1ccccc1. The van der Waals surface area contributed by atoms with Gasteiger partial charge >= 0.3 is 5.97 Å². The second-order valence-electron chi connectivity index (χ2n) is 4.06. The van der Waals surface area contributed by atoms with E-state index in [-0.39, 0.29) is 0 Å². The third kappa shape index (κ3) is 2.79. The molecule has 0 spiro atoms. The van der Waals surface area contributed by atoms with E-state index in [1.807, 2.05) is 0 Å². The summed E-state index contributed by atoms with van der Waals surface area (Å²) in [4.78, 5) is 23.2. The lowest BCUT2D eigenvalue weighted by Crippen LogP contribution is -2.33. The minimum absolute atomic E-state index is 0.335. The molecular formula is C13H13N3O3. The second kappa shape index (κ2) is 5.34. The van der Waals surface area contributed by atoms with Gasteiger partial charge in [-0.15, -0.1) is 0 Å². The lowest BCUT2D eigenvalue weighted by atomic mass is 10.1. The fraction of sp³-hybridized carbons (Fsp3) is 0.154. The third-order valence-electron chi connectivity index (χ3n) is 2.73. The van der Waals surface area contributed by atoms with E-state index < -0.39 is 17.9 Å². The van der Waals surface area contributed by atoms with Crippen molar-refractivity contribution in [2.24, 2.45) is 0 Å². The van der Waals surface area contributed by atoms with Gasteiger partial charge in [0.05, 0.1) is 11.8 Å². The Morgan fingerprint density at radius 1 is 1.32 bits per heavy atom. The maximum absolute atomic E-state index is 12.0. The minimum Gasteiger partial charge on any atom is -0.479 e. The van der Waals surface area contributed by atoms with Crippen LogP contribution in [0.1, 0.15) is 27.7 Å². The van der Waals surface area contributed by atoms with Crippen molar-refractivity contribution >= 4 is 11.9 Å². The first-order chi connectivity index (χ1) is 9.09. The van der Waals surface area contributed by atoms with Gasteiger partial charge in [-0.3, -0.25) is 9.89 Å². The number of hydrogen-bond acceptors (Lipinski definition) is 3. The number of benzene rings is 1. The first-order valence-electron chi connectivity index (χ1n) is 5.68. The Labute approximate surface area is 109 Å².